The van der Waals surface area contributed by atoms with Crippen LogP contribution in [-0.2, 0) is 133 Å². The molecule has 9 fully saturated rings. The third-order valence-corrected chi connectivity index (χ3v) is 26.1. The van der Waals surface area contributed by atoms with Gasteiger partial charge in [0.15, 0.2) is 25.2 Å². The van der Waals surface area contributed by atoms with Crippen molar-refractivity contribution >= 4 is 65.3 Å². The van der Waals surface area contributed by atoms with E-state index in [-0.39, 0.29) is 0 Å². The number of carboxylic acid groups (broad SMARTS) is 5. The minimum atomic E-state index is -3.95. The molecule has 50 atom stereocenters. The zero-order chi connectivity index (χ0) is 111. The first kappa shape index (κ1) is 124. The van der Waals surface area contributed by atoms with Crippen LogP contribution in [0.15, 0.2) is 0 Å². The average molecular weight is 2160 g/mol. The molecule has 9 rings (SSSR count). The number of rotatable bonds is 46. The number of aliphatic carboxylic acids is 5. The summed E-state index contributed by atoms with van der Waals surface area (Å²) in [7, 11) is 0. The number of ether oxygens (including phenoxy) is 17. The highest BCUT2D eigenvalue weighted by Gasteiger charge is 2.69. The smallest absolute Gasteiger partial charge is 0.364 e. The van der Waals surface area contributed by atoms with Crippen molar-refractivity contribution in [3.8, 4) is 0 Å². The molecule has 0 spiro atoms. The number of carbonyl (C=O) groups excluding carboxylic acids is 6. The molecule has 0 saturated carbocycles. The van der Waals surface area contributed by atoms with Crippen LogP contribution >= 0.6 is 0 Å². The van der Waals surface area contributed by atoms with Gasteiger partial charge in [-0.25, -0.2) is 24.0 Å². The minimum Gasteiger partial charge on any atom is -0.477 e. The van der Waals surface area contributed by atoms with Gasteiger partial charge in [-0.2, -0.15) is 0 Å². The second kappa shape index (κ2) is 51.6. The number of hydrogen-bond donors (Lipinski definition) is 39. The van der Waals surface area contributed by atoms with Crippen molar-refractivity contribution in [1.29, 1.82) is 0 Å². The Morgan fingerprint density at radius 1 is 0.277 bits per heavy atom. The highest BCUT2D eigenvalue weighted by molar-refractivity contribution is 5.80. The van der Waals surface area contributed by atoms with E-state index in [1.165, 1.54) is 0 Å². The molecule has 67 nitrogen and oxygen atoms in total. The fourth-order valence-electron chi connectivity index (χ4n) is 18.9. The predicted octanol–water partition coefficient (Wildman–Crippen LogP) is -23.7. The first-order chi connectivity index (χ1) is 69.2. The first-order valence-electron chi connectivity index (χ1n) is 45.8. The van der Waals surface area contributed by atoms with E-state index >= 15 is 0 Å². The summed E-state index contributed by atoms with van der Waals surface area (Å²) in [6.45, 7) is -8.70. The van der Waals surface area contributed by atoms with E-state index in [0.29, 0.717) is 0 Å². The molecule has 39 N–H and O–H groups in total. The van der Waals surface area contributed by atoms with Crippen molar-refractivity contribution in [1.82, 2.24) is 31.9 Å². The van der Waals surface area contributed by atoms with Crippen molar-refractivity contribution in [2.75, 3.05) is 59.5 Å². The molecule has 9 saturated heterocycles. The van der Waals surface area contributed by atoms with Crippen molar-refractivity contribution in [3.63, 3.8) is 0 Å². The van der Waals surface area contributed by atoms with E-state index in [1.807, 2.05) is 0 Å². The quantitative estimate of drug-likeness (QED) is 0.0269. The summed E-state index contributed by atoms with van der Waals surface area (Å²) in [6.07, 6.45) is -107. The summed E-state index contributed by atoms with van der Waals surface area (Å²) in [5.74, 6) is -37.1. The van der Waals surface area contributed by atoms with Crippen LogP contribution in [0.1, 0.15) is 73.6 Å². The maximum Gasteiger partial charge on any atom is 0.364 e. The third-order valence-electron chi connectivity index (χ3n) is 26.1. The van der Waals surface area contributed by atoms with Gasteiger partial charge in [0.2, 0.25) is 35.4 Å². The molecule has 0 aromatic heterocycles. The van der Waals surface area contributed by atoms with Gasteiger partial charge in [-0.05, 0) is 0 Å². The normalized spacial score (nSPS) is 41.9. The molecule has 6 amide bonds. The van der Waals surface area contributed by atoms with E-state index in [0.717, 1.165) is 41.5 Å². The number of hydrogen-bond acceptors (Lipinski definition) is 56. The van der Waals surface area contributed by atoms with Gasteiger partial charge < -0.3 is 281 Å². The summed E-state index contributed by atoms with van der Waals surface area (Å²) >= 11 is 0. The molecule has 1 unspecified atom stereocenters. The molecular weight excluding hydrogens is 2030 g/mol. The molecule has 850 valence electrons. The maximum atomic E-state index is 14.6. The Morgan fingerprint density at radius 3 is 0.824 bits per heavy atom. The molecule has 0 radical (unpaired) electrons. The van der Waals surface area contributed by atoms with E-state index in [4.69, 9.17) is 80.5 Å². The van der Waals surface area contributed by atoms with E-state index in [1.54, 1.807) is 0 Å². The van der Waals surface area contributed by atoms with Gasteiger partial charge in [-0.1, -0.05) is 0 Å². The molecule has 148 heavy (non-hydrogen) atoms. The highest BCUT2D eigenvalue weighted by atomic mass is 16.8. The SMILES string of the molecule is CC(=O)N[C@H]1[C@H](O[C@@H]2[C@H](O[C@]3(C(=O)O)C[C@H](O)[C@@H](NC(C)=O)[C@H]([C@H](O)[C@@H](CO)O[C@]4(C(=O)O)C[C@H](O)[C@@H](NC(C)=O)[C@H]([C@H](O)[C@@H](CO)O[C@]5(C(=O)O)C[C@H](O)[C@@H](NC(C)=O)[C@H]([C@H](O)[C@H](O)CO)O5)O4)O3)[C@@H](O)[C@H](O[C@H]3[C@H](O)[C@@H](O)C(O)O[C@@H]3CO)O[C@@H]2CO)O[C@H](CO)[C@H](O)[C@@H]1O[C@@H]1O[C@H](CO)[C@H](O)[C@H](O[C@]2(C(=O)O)C[C@H](O)[C@@H](NC(C)=O)[C@H]([C@H](O)[C@@H](CO)O[C@]3(C(=O)O)C[C@H](O)[C@@H](NC(C)=O)[C@H]([C@H](O)[C@H](O)CO)O3)O2)[C@H]1O. The van der Waals surface area contributed by atoms with Crippen LogP contribution in [0.25, 0.3) is 0 Å². The van der Waals surface area contributed by atoms with Crippen LogP contribution in [0.2, 0.25) is 0 Å². The van der Waals surface area contributed by atoms with Crippen LogP contribution < -0.4 is 31.9 Å². The second-order valence-electron chi connectivity index (χ2n) is 36.7. The molecule has 67 heteroatoms. The van der Waals surface area contributed by atoms with Gasteiger partial charge in [0.05, 0.1) is 120 Å². The van der Waals surface area contributed by atoms with Gasteiger partial charge in [0, 0.05) is 73.6 Å². The summed E-state index contributed by atoms with van der Waals surface area (Å²) in [5, 5.41) is 387. The Bertz CT molecular complexity index is 4450. The number of aliphatic hydroxyl groups is 28. The Kier molecular flexibility index (Phi) is 43.2. The molecule has 0 aromatic carbocycles. The predicted molar refractivity (Wildman–Crippen MR) is 453 cm³/mol. The zero-order valence-electron chi connectivity index (χ0n) is 79.1. The standard InChI is InChI=1S/C81H130N6O61/c1-21(97)82-41-27(103)7-77(72(122)123,142-61(41)47(110)32(108)12-88)139-36(16-92)51(114)63-43(84-23(3)99)29(105)9-79(144-63,74(126)127)141-38(18-94)53(116)65-45(86-25(5)101)31(107)11-81(146-65,76(130)131)148-67-57(120)71(136-58-39(19-95)132-68(121)55(118)54(58)117)135-40(20-96)59(67)137-69-46(87-26(6)102)60(49(112)34(14-90)133-69)138-70-56(119)66(50(113)35(15-91)134-70)147-80(75(128)129)10-30(106)44(85-24(4)100)64(145-80)52(115)37(17-93)140-78(73(124)125)8-28(104)42(83-22(2)98)62(143-78)48(111)33(109)13-89/h27-71,88-96,103-121H,7-20H2,1-6H3,(H,82,97)(H,83,98)(H,84,99)(H,85,100)(H,86,101)(H,87,102)(H,122,123)(H,124,125)(H,126,127)(H,128,129)(H,130,131)/t27-,28-,29-,30-,31-,32+,33+,34+,35+,36+,37+,38+,39+,40+,41+,42+,43+,44+,45+,46+,47+,48+,49-,50-,51+,52+,53+,54+,55+,56+,57+,58+,59-,60+,61+,62+,63+,64+,65+,66-,67+,68?,69-,70-,71-,77+,78+,79+,80-,81-/m0/s1. The van der Waals surface area contributed by atoms with Crippen molar-refractivity contribution in [3.05, 3.63) is 0 Å². The van der Waals surface area contributed by atoms with Gasteiger partial charge >= 0.3 is 29.8 Å². The number of carbonyl (C=O) groups is 11. The number of amides is 6. The first-order valence-corrected chi connectivity index (χ1v) is 45.8. The van der Waals surface area contributed by atoms with E-state index in [9.17, 15) is 221 Å². The average Bonchev–Trinajstić information content (AvgIpc) is 0.747. The summed E-state index contributed by atoms with van der Waals surface area (Å²) < 4.78 is 99.4. The van der Waals surface area contributed by atoms with Crippen molar-refractivity contribution in [2.24, 2.45) is 0 Å². The van der Waals surface area contributed by atoms with Crippen LogP contribution in [-0.4, -0.2) is 597 Å². The molecular formula is C81H130N6O61. The molecule has 0 aliphatic carbocycles. The van der Waals surface area contributed by atoms with Crippen LogP contribution in [0.5, 0.6) is 0 Å². The van der Waals surface area contributed by atoms with Crippen molar-refractivity contribution in [2.45, 2.75) is 378 Å². The van der Waals surface area contributed by atoms with Gasteiger partial charge in [-0.15, -0.1) is 0 Å². The Balaban J connectivity index is 1.09. The van der Waals surface area contributed by atoms with E-state index in [2.05, 4.69) is 31.9 Å². The molecule has 9 aliphatic heterocycles. The second-order valence-corrected chi connectivity index (χ2v) is 36.7. The Hall–Kier alpha value is -7.63. The number of aliphatic hydroxyl groups excluding tert-OH is 28. The topological polar surface area (TPSA) is 1080 Å². The minimum absolute atomic E-state index is 0.726. The lowest BCUT2D eigenvalue weighted by molar-refractivity contribution is -0.405. The van der Waals surface area contributed by atoms with Gasteiger partial charge in [0.25, 0.3) is 28.9 Å². The maximum absolute atomic E-state index is 14.6. The lowest BCUT2D eigenvalue weighted by atomic mass is 9.86. The largest absolute Gasteiger partial charge is 0.477 e. The van der Waals surface area contributed by atoms with Gasteiger partial charge in [0.1, 0.15) is 189 Å². The number of nitrogens with one attached hydrogen (secondary N) is 6. The Labute approximate surface area is 833 Å². The van der Waals surface area contributed by atoms with Crippen LogP contribution in [0.3, 0.4) is 0 Å². The fraction of sp³-hybridized carbons (Fsp3) is 0.864. The lowest BCUT2D eigenvalue weighted by Crippen LogP contribution is -2.73. The fourth-order valence-corrected chi connectivity index (χ4v) is 18.9. The van der Waals surface area contributed by atoms with Crippen molar-refractivity contribution < 1.29 is 302 Å². The summed E-state index contributed by atoms with van der Waals surface area (Å²) in [6, 6.07) is -12.9. The zero-order valence-corrected chi connectivity index (χ0v) is 79.1. The highest BCUT2D eigenvalue weighted by Crippen LogP contribution is 2.47. The summed E-state index contributed by atoms with van der Waals surface area (Å²) in [4.78, 5) is 147. The molecule has 0 bridgehead atoms. The summed E-state index contributed by atoms with van der Waals surface area (Å²) in [5.41, 5.74) is 0. The lowest BCUT2D eigenvalue weighted by Gasteiger charge is -2.53. The molecule has 9 aliphatic rings. The molecule has 9 heterocycles. The van der Waals surface area contributed by atoms with Crippen LogP contribution in [0.4, 0.5) is 0 Å². The van der Waals surface area contributed by atoms with Gasteiger partial charge in [-0.3, -0.25) is 28.8 Å². The monoisotopic (exact) mass is 2160 g/mol. The van der Waals surface area contributed by atoms with E-state index < -0.39 is 461 Å². The molecule has 0 aromatic rings. The third kappa shape index (κ3) is 26.9. The number of carboxylic acids is 5. The van der Waals surface area contributed by atoms with Crippen LogP contribution in [0, 0.1) is 0 Å². The Morgan fingerprint density at radius 2 is 0.527 bits per heavy atom.